The van der Waals surface area contributed by atoms with Crippen LogP contribution in [-0.4, -0.2) is 42.4 Å². The predicted octanol–water partition coefficient (Wildman–Crippen LogP) is 3.31. The van der Waals surface area contributed by atoms with Crippen molar-refractivity contribution in [3.63, 3.8) is 0 Å². The van der Waals surface area contributed by atoms with Gasteiger partial charge in [0.1, 0.15) is 6.10 Å². The standard InChI is InChI=1S/C19H26FN3O/c20-17-13-14(18-5-2-10-21-22-18)6-7-19(17)24-16-8-11-23(12-9-16)15-3-1-4-15/h6-7,13,15-16,21H,1-5,8-12H2. The molecule has 0 aromatic heterocycles. The van der Waals surface area contributed by atoms with Crippen molar-refractivity contribution in [1.29, 1.82) is 0 Å². The van der Waals surface area contributed by atoms with E-state index in [0.717, 1.165) is 62.6 Å². The number of rotatable bonds is 4. The summed E-state index contributed by atoms with van der Waals surface area (Å²) < 4.78 is 20.4. The Labute approximate surface area is 143 Å². The van der Waals surface area contributed by atoms with E-state index in [-0.39, 0.29) is 11.9 Å². The van der Waals surface area contributed by atoms with Gasteiger partial charge in [0, 0.05) is 31.2 Å². The molecule has 3 aliphatic rings. The highest BCUT2D eigenvalue weighted by Crippen LogP contribution is 2.29. The number of hydrazone groups is 1. The second-order valence-electron chi connectivity index (χ2n) is 7.15. The maximum atomic E-state index is 14.4. The molecule has 5 heteroatoms. The van der Waals surface area contributed by atoms with E-state index in [1.165, 1.54) is 19.3 Å². The fourth-order valence-corrected chi connectivity index (χ4v) is 3.82. The van der Waals surface area contributed by atoms with E-state index >= 15 is 0 Å². The first-order valence-corrected chi connectivity index (χ1v) is 9.29. The van der Waals surface area contributed by atoms with Crippen LogP contribution in [-0.2, 0) is 0 Å². The molecule has 0 bridgehead atoms. The third-order valence-electron chi connectivity index (χ3n) is 5.54. The SMILES string of the molecule is Fc1cc(C2=NNCCC2)ccc1OC1CCN(C2CCC2)CC1. The smallest absolute Gasteiger partial charge is 0.165 e. The van der Waals surface area contributed by atoms with Gasteiger partial charge in [0.15, 0.2) is 11.6 Å². The molecule has 1 N–H and O–H groups in total. The van der Waals surface area contributed by atoms with Crippen molar-refractivity contribution < 1.29 is 9.13 Å². The average Bonchev–Trinajstić information content (AvgIpc) is 2.57. The van der Waals surface area contributed by atoms with Crippen LogP contribution in [0.2, 0.25) is 0 Å². The van der Waals surface area contributed by atoms with Crippen molar-refractivity contribution in [2.75, 3.05) is 19.6 Å². The topological polar surface area (TPSA) is 36.9 Å². The quantitative estimate of drug-likeness (QED) is 0.920. The molecule has 1 saturated heterocycles. The number of hydrogen-bond acceptors (Lipinski definition) is 4. The van der Waals surface area contributed by atoms with Crippen LogP contribution in [0.15, 0.2) is 23.3 Å². The van der Waals surface area contributed by atoms with Crippen LogP contribution >= 0.6 is 0 Å². The molecular formula is C19H26FN3O. The molecule has 0 spiro atoms. The Hall–Kier alpha value is -1.62. The van der Waals surface area contributed by atoms with Crippen LogP contribution in [0.3, 0.4) is 0 Å². The fourth-order valence-electron chi connectivity index (χ4n) is 3.82. The molecule has 1 saturated carbocycles. The lowest BCUT2D eigenvalue weighted by atomic mass is 9.90. The van der Waals surface area contributed by atoms with Gasteiger partial charge in [0.25, 0.3) is 0 Å². The molecule has 2 aliphatic heterocycles. The Kier molecular flexibility index (Phi) is 4.69. The van der Waals surface area contributed by atoms with Gasteiger partial charge < -0.3 is 15.1 Å². The Morgan fingerprint density at radius 1 is 1.12 bits per heavy atom. The van der Waals surface area contributed by atoms with Crippen molar-refractivity contribution >= 4 is 5.71 Å². The first-order valence-electron chi connectivity index (χ1n) is 9.29. The van der Waals surface area contributed by atoms with Gasteiger partial charge in [-0.1, -0.05) is 6.42 Å². The lowest BCUT2D eigenvalue weighted by Gasteiger charge is -2.41. The molecule has 1 aliphatic carbocycles. The Morgan fingerprint density at radius 2 is 1.96 bits per heavy atom. The molecule has 0 unspecified atom stereocenters. The first-order chi connectivity index (χ1) is 11.8. The van der Waals surface area contributed by atoms with Crippen LogP contribution < -0.4 is 10.2 Å². The van der Waals surface area contributed by atoms with Gasteiger partial charge in [-0.15, -0.1) is 0 Å². The van der Waals surface area contributed by atoms with E-state index < -0.39 is 0 Å². The molecular weight excluding hydrogens is 305 g/mol. The molecule has 4 rings (SSSR count). The van der Waals surface area contributed by atoms with Gasteiger partial charge in [-0.25, -0.2) is 4.39 Å². The lowest BCUT2D eigenvalue weighted by Crippen LogP contribution is -2.46. The molecule has 0 radical (unpaired) electrons. The van der Waals surface area contributed by atoms with E-state index in [0.29, 0.717) is 5.75 Å². The van der Waals surface area contributed by atoms with Crippen LogP contribution in [0.1, 0.15) is 50.5 Å². The van der Waals surface area contributed by atoms with Crippen molar-refractivity contribution in [1.82, 2.24) is 10.3 Å². The van der Waals surface area contributed by atoms with Gasteiger partial charge in [-0.05, 0) is 56.7 Å². The van der Waals surface area contributed by atoms with Gasteiger partial charge in [-0.3, -0.25) is 0 Å². The molecule has 0 amide bonds. The number of likely N-dealkylation sites (tertiary alicyclic amines) is 1. The third-order valence-corrected chi connectivity index (χ3v) is 5.54. The summed E-state index contributed by atoms with van der Waals surface area (Å²) in [4.78, 5) is 2.58. The third kappa shape index (κ3) is 3.41. The summed E-state index contributed by atoms with van der Waals surface area (Å²) in [5.41, 5.74) is 4.77. The molecule has 4 nitrogen and oxygen atoms in total. The highest BCUT2D eigenvalue weighted by molar-refractivity contribution is 6.00. The Morgan fingerprint density at radius 3 is 2.58 bits per heavy atom. The molecule has 1 aromatic rings. The monoisotopic (exact) mass is 331 g/mol. The van der Waals surface area contributed by atoms with Crippen molar-refractivity contribution in [2.45, 2.75) is 57.1 Å². The number of hydrogen-bond donors (Lipinski definition) is 1. The summed E-state index contributed by atoms with van der Waals surface area (Å²) in [7, 11) is 0. The summed E-state index contributed by atoms with van der Waals surface area (Å²) in [6, 6.07) is 6.05. The number of piperidine rings is 1. The zero-order valence-electron chi connectivity index (χ0n) is 14.1. The van der Waals surface area contributed by atoms with E-state index in [9.17, 15) is 4.39 Å². The molecule has 2 fully saturated rings. The fraction of sp³-hybridized carbons (Fsp3) is 0.632. The first kappa shape index (κ1) is 15.9. The molecule has 2 heterocycles. The highest BCUT2D eigenvalue weighted by atomic mass is 19.1. The largest absolute Gasteiger partial charge is 0.487 e. The maximum Gasteiger partial charge on any atom is 0.165 e. The molecule has 130 valence electrons. The minimum Gasteiger partial charge on any atom is -0.487 e. The second kappa shape index (κ2) is 7.09. The molecule has 24 heavy (non-hydrogen) atoms. The summed E-state index contributed by atoms with van der Waals surface area (Å²) >= 11 is 0. The number of halogens is 1. The zero-order chi connectivity index (χ0) is 16.4. The summed E-state index contributed by atoms with van der Waals surface area (Å²) in [6.07, 6.45) is 8.13. The molecule has 1 aromatic carbocycles. The van der Waals surface area contributed by atoms with Gasteiger partial charge in [0.05, 0.1) is 5.71 Å². The Balaban J connectivity index is 1.35. The number of ether oxygens (including phenoxy) is 1. The van der Waals surface area contributed by atoms with Crippen molar-refractivity contribution in [3.05, 3.63) is 29.6 Å². The van der Waals surface area contributed by atoms with E-state index in [1.807, 2.05) is 6.07 Å². The number of nitrogens with zero attached hydrogens (tertiary/aromatic N) is 2. The average molecular weight is 331 g/mol. The van der Waals surface area contributed by atoms with Gasteiger partial charge >= 0.3 is 0 Å². The van der Waals surface area contributed by atoms with Gasteiger partial charge in [-0.2, -0.15) is 5.10 Å². The van der Waals surface area contributed by atoms with Crippen LogP contribution in [0.5, 0.6) is 5.75 Å². The molecule has 0 atom stereocenters. The van der Waals surface area contributed by atoms with Gasteiger partial charge in [0.2, 0.25) is 0 Å². The maximum absolute atomic E-state index is 14.4. The Bertz CT molecular complexity index is 607. The summed E-state index contributed by atoms with van der Waals surface area (Å²) in [6.45, 7) is 3.06. The minimum absolute atomic E-state index is 0.135. The van der Waals surface area contributed by atoms with Crippen LogP contribution in [0.25, 0.3) is 0 Å². The van der Waals surface area contributed by atoms with Crippen molar-refractivity contribution in [3.8, 4) is 5.75 Å². The number of benzene rings is 1. The van der Waals surface area contributed by atoms with E-state index in [4.69, 9.17) is 4.74 Å². The summed E-state index contributed by atoms with van der Waals surface area (Å²) in [5.74, 6) is 0.104. The van der Waals surface area contributed by atoms with E-state index in [2.05, 4.69) is 15.4 Å². The predicted molar refractivity (Wildman–Crippen MR) is 93.0 cm³/mol. The highest BCUT2D eigenvalue weighted by Gasteiger charge is 2.29. The zero-order valence-corrected chi connectivity index (χ0v) is 14.1. The van der Waals surface area contributed by atoms with Crippen LogP contribution in [0.4, 0.5) is 4.39 Å². The number of nitrogens with one attached hydrogen (secondary N) is 1. The van der Waals surface area contributed by atoms with E-state index in [1.54, 1.807) is 12.1 Å². The second-order valence-corrected chi connectivity index (χ2v) is 7.15. The van der Waals surface area contributed by atoms with Crippen LogP contribution in [0, 0.1) is 5.82 Å². The summed E-state index contributed by atoms with van der Waals surface area (Å²) in [5, 5.41) is 4.28. The minimum atomic E-state index is -0.276. The lowest BCUT2D eigenvalue weighted by molar-refractivity contribution is 0.0477. The normalized spacial score (nSPS) is 23.3. The van der Waals surface area contributed by atoms with Crippen molar-refractivity contribution in [2.24, 2.45) is 5.10 Å².